The number of anilines is 1. The molecule has 1 heterocycles. The molecule has 4 nitrogen and oxygen atoms in total. The monoisotopic (exact) mass is 455 g/mol. The Kier molecular flexibility index (Phi) is 6.55. The highest BCUT2D eigenvalue weighted by Gasteiger charge is 2.15. The van der Waals surface area contributed by atoms with E-state index in [1.54, 1.807) is 42.2 Å². The first-order valence-corrected chi connectivity index (χ1v) is 11.4. The Morgan fingerprint density at radius 3 is 2.50 bits per heavy atom. The zero-order valence-corrected chi connectivity index (χ0v) is 18.7. The molecule has 4 rings (SSSR count). The summed E-state index contributed by atoms with van der Waals surface area (Å²) in [5.41, 5.74) is 4.89. The fraction of sp³-hybridized carbons (Fsp3) is 0.0385. The van der Waals surface area contributed by atoms with Crippen molar-refractivity contribution in [3.8, 4) is 28.5 Å². The van der Waals surface area contributed by atoms with E-state index < -0.39 is 0 Å². The molecule has 32 heavy (non-hydrogen) atoms. The van der Waals surface area contributed by atoms with Gasteiger partial charge in [-0.2, -0.15) is 5.26 Å². The van der Waals surface area contributed by atoms with Gasteiger partial charge in [0.25, 0.3) is 5.91 Å². The van der Waals surface area contributed by atoms with Crippen molar-refractivity contribution < 1.29 is 4.79 Å². The number of nitrogens with one attached hydrogen (secondary N) is 1. The number of halogens is 1. The van der Waals surface area contributed by atoms with Crippen molar-refractivity contribution in [3.63, 3.8) is 0 Å². The van der Waals surface area contributed by atoms with Gasteiger partial charge in [0.2, 0.25) is 0 Å². The third-order valence-electron chi connectivity index (χ3n) is 4.96. The highest BCUT2D eigenvalue weighted by Crippen LogP contribution is 2.32. The number of rotatable bonds is 5. The SMILES string of the molecule is CSc1ccc(C(=O)Nc2ccc(Cl)c(-c3ccccn3)c2)c(-c2ccc(C#N)cc2)c1. The van der Waals surface area contributed by atoms with Crippen molar-refractivity contribution >= 4 is 35.0 Å². The molecule has 0 aliphatic heterocycles. The molecule has 156 valence electrons. The maximum atomic E-state index is 13.2. The number of thioether (sulfide) groups is 1. The minimum Gasteiger partial charge on any atom is -0.322 e. The molecule has 0 unspecified atom stereocenters. The van der Waals surface area contributed by atoms with E-state index in [9.17, 15) is 4.79 Å². The van der Waals surface area contributed by atoms with Gasteiger partial charge in [-0.25, -0.2) is 0 Å². The lowest BCUT2D eigenvalue weighted by atomic mass is 9.98. The minimum absolute atomic E-state index is 0.230. The number of hydrogen-bond acceptors (Lipinski definition) is 4. The van der Waals surface area contributed by atoms with Gasteiger partial charge in [-0.3, -0.25) is 9.78 Å². The zero-order chi connectivity index (χ0) is 22.5. The lowest BCUT2D eigenvalue weighted by Gasteiger charge is -2.13. The summed E-state index contributed by atoms with van der Waals surface area (Å²) < 4.78 is 0. The van der Waals surface area contributed by atoms with Gasteiger partial charge in [-0.1, -0.05) is 29.8 Å². The Bertz CT molecular complexity index is 1320. The normalized spacial score (nSPS) is 10.4. The van der Waals surface area contributed by atoms with E-state index in [4.69, 9.17) is 16.9 Å². The number of nitriles is 1. The van der Waals surface area contributed by atoms with Crippen LogP contribution in [0.4, 0.5) is 5.69 Å². The Morgan fingerprint density at radius 2 is 1.81 bits per heavy atom. The van der Waals surface area contributed by atoms with Crippen LogP contribution in [-0.2, 0) is 0 Å². The summed E-state index contributed by atoms with van der Waals surface area (Å²) in [5, 5.41) is 12.6. The van der Waals surface area contributed by atoms with E-state index in [1.807, 2.05) is 60.9 Å². The molecule has 0 aliphatic rings. The first-order chi connectivity index (χ1) is 15.6. The molecule has 0 fully saturated rings. The molecule has 1 aromatic heterocycles. The third kappa shape index (κ3) is 4.67. The highest BCUT2D eigenvalue weighted by atomic mass is 35.5. The van der Waals surface area contributed by atoms with Crippen LogP contribution in [0.3, 0.4) is 0 Å². The van der Waals surface area contributed by atoms with Crippen LogP contribution in [0.1, 0.15) is 15.9 Å². The molecular formula is C26H18ClN3OS. The molecule has 6 heteroatoms. The molecule has 0 spiro atoms. The second-order valence-electron chi connectivity index (χ2n) is 6.96. The Labute approximate surface area is 195 Å². The number of carbonyl (C=O) groups is 1. The molecule has 1 N–H and O–H groups in total. The number of amides is 1. The van der Waals surface area contributed by atoms with Crippen molar-refractivity contribution in [2.24, 2.45) is 0 Å². The molecule has 1 amide bonds. The van der Waals surface area contributed by atoms with Crippen molar-refractivity contribution in [1.82, 2.24) is 4.98 Å². The Balaban J connectivity index is 1.69. The van der Waals surface area contributed by atoms with Crippen molar-refractivity contribution in [1.29, 1.82) is 5.26 Å². The molecule has 0 atom stereocenters. The maximum Gasteiger partial charge on any atom is 0.256 e. The van der Waals surface area contributed by atoms with Crippen LogP contribution in [0, 0.1) is 11.3 Å². The van der Waals surface area contributed by atoms with Gasteiger partial charge in [0.05, 0.1) is 22.3 Å². The van der Waals surface area contributed by atoms with Gasteiger partial charge < -0.3 is 5.32 Å². The third-order valence-corrected chi connectivity index (χ3v) is 6.02. The van der Waals surface area contributed by atoms with Crippen LogP contribution in [0.5, 0.6) is 0 Å². The Hall–Kier alpha value is -3.59. The van der Waals surface area contributed by atoms with Crippen molar-refractivity contribution in [3.05, 3.63) is 101 Å². The summed E-state index contributed by atoms with van der Waals surface area (Å²) in [6.45, 7) is 0. The van der Waals surface area contributed by atoms with E-state index in [2.05, 4.69) is 16.4 Å². The molecule has 0 saturated carbocycles. The van der Waals surface area contributed by atoms with Crippen molar-refractivity contribution in [2.75, 3.05) is 11.6 Å². The molecule has 0 aliphatic carbocycles. The van der Waals surface area contributed by atoms with E-state index >= 15 is 0 Å². The smallest absolute Gasteiger partial charge is 0.256 e. The molecule has 0 saturated heterocycles. The number of aromatic nitrogens is 1. The molecule has 0 radical (unpaired) electrons. The molecule has 4 aromatic rings. The minimum atomic E-state index is -0.230. The lowest BCUT2D eigenvalue weighted by Crippen LogP contribution is -2.13. The summed E-state index contributed by atoms with van der Waals surface area (Å²) in [4.78, 5) is 18.6. The maximum absolute atomic E-state index is 13.2. The van der Waals surface area contributed by atoms with Gasteiger partial charge in [0.15, 0.2) is 0 Å². The molecular weight excluding hydrogens is 438 g/mol. The quantitative estimate of drug-likeness (QED) is 0.332. The molecule has 3 aromatic carbocycles. The summed E-state index contributed by atoms with van der Waals surface area (Å²) in [5.74, 6) is -0.230. The van der Waals surface area contributed by atoms with Gasteiger partial charge in [0.1, 0.15) is 0 Å². The zero-order valence-electron chi connectivity index (χ0n) is 17.2. The van der Waals surface area contributed by atoms with Crippen molar-refractivity contribution in [2.45, 2.75) is 4.90 Å². The second-order valence-corrected chi connectivity index (χ2v) is 8.25. The van der Waals surface area contributed by atoms with Crippen LogP contribution in [0.2, 0.25) is 5.02 Å². The lowest BCUT2D eigenvalue weighted by molar-refractivity contribution is 0.102. The van der Waals surface area contributed by atoms with Crippen LogP contribution >= 0.6 is 23.4 Å². The van der Waals surface area contributed by atoms with E-state index in [1.165, 1.54) is 0 Å². The number of hydrogen-bond donors (Lipinski definition) is 1. The van der Waals surface area contributed by atoms with Crippen LogP contribution in [0.15, 0.2) is 90.0 Å². The van der Waals surface area contributed by atoms with E-state index in [0.29, 0.717) is 21.8 Å². The second kappa shape index (κ2) is 9.69. The van der Waals surface area contributed by atoms with Gasteiger partial charge in [0, 0.05) is 27.9 Å². The molecule has 0 bridgehead atoms. The first kappa shape index (κ1) is 21.6. The highest BCUT2D eigenvalue weighted by molar-refractivity contribution is 7.98. The number of pyridine rings is 1. The summed E-state index contributed by atoms with van der Waals surface area (Å²) in [6.07, 6.45) is 3.69. The predicted molar refractivity (Wildman–Crippen MR) is 131 cm³/mol. The number of benzene rings is 3. The first-order valence-electron chi connectivity index (χ1n) is 9.80. The number of nitrogens with zero attached hydrogens (tertiary/aromatic N) is 2. The van der Waals surface area contributed by atoms with E-state index in [-0.39, 0.29) is 5.91 Å². The van der Waals surface area contributed by atoms with Crippen LogP contribution in [-0.4, -0.2) is 17.1 Å². The summed E-state index contributed by atoms with van der Waals surface area (Å²) in [7, 11) is 0. The van der Waals surface area contributed by atoms with Gasteiger partial charge in [-0.05, 0) is 78.0 Å². The topological polar surface area (TPSA) is 65.8 Å². The standard InChI is InChI=1S/C26H18ClN3OS/c1-32-20-10-11-21(22(15-20)18-7-5-17(16-28)6-8-18)26(31)30-19-9-12-24(27)23(14-19)25-4-2-3-13-29-25/h2-15H,1H3,(H,30,31). The average Bonchev–Trinajstić information content (AvgIpc) is 2.85. The number of carbonyl (C=O) groups excluding carboxylic acids is 1. The van der Waals surface area contributed by atoms with E-state index in [0.717, 1.165) is 27.3 Å². The summed E-state index contributed by atoms with van der Waals surface area (Å²) in [6, 6.07) is 26.0. The van der Waals surface area contributed by atoms with Gasteiger partial charge >= 0.3 is 0 Å². The fourth-order valence-electron chi connectivity index (χ4n) is 3.33. The Morgan fingerprint density at radius 1 is 1.00 bits per heavy atom. The largest absolute Gasteiger partial charge is 0.322 e. The fourth-order valence-corrected chi connectivity index (χ4v) is 3.99. The van der Waals surface area contributed by atoms with Gasteiger partial charge in [-0.15, -0.1) is 11.8 Å². The van der Waals surface area contributed by atoms with Crippen LogP contribution < -0.4 is 5.32 Å². The predicted octanol–water partition coefficient (Wildman–Crippen LogP) is 6.91. The van der Waals surface area contributed by atoms with Crippen LogP contribution in [0.25, 0.3) is 22.4 Å². The summed E-state index contributed by atoms with van der Waals surface area (Å²) >= 11 is 7.97. The average molecular weight is 456 g/mol.